The Labute approximate surface area is 234 Å². The standard InChI is InChI=1S/C26H24ClN7O2S.ClH/c27-18-13-16(6-7-22(18)36-21-4-1-5-23-17(21)14-32-37-23)33-25-24-19(30-15-31-25)8-11-34(24)12-10-29-26(35)20-3-2-9-28-20;/h1,4-8,11,13-15,20,28H,2-3,9-10,12H2,(H,29,35)(H,30,31,33);1H/t20-;/m0./s1. The molecule has 0 spiro atoms. The molecule has 196 valence electrons. The lowest BCUT2D eigenvalue weighted by Crippen LogP contribution is -2.41. The molecule has 3 N–H and O–H groups in total. The SMILES string of the molecule is Cl.O=C(NCCn1ccc2ncnc(Nc3ccc(Oc4cccc5sncc45)c(Cl)c3)c21)[C@@H]1CCCN1. The first-order chi connectivity index (χ1) is 18.2. The Morgan fingerprint density at radius 3 is 2.97 bits per heavy atom. The lowest BCUT2D eigenvalue weighted by molar-refractivity contribution is -0.122. The van der Waals surface area contributed by atoms with Crippen LogP contribution in [-0.4, -0.2) is 43.9 Å². The third-order valence-electron chi connectivity index (χ3n) is 6.35. The molecule has 1 aliphatic heterocycles. The van der Waals surface area contributed by atoms with Crippen LogP contribution in [0.5, 0.6) is 11.5 Å². The molecule has 0 saturated carbocycles. The van der Waals surface area contributed by atoms with E-state index < -0.39 is 0 Å². The van der Waals surface area contributed by atoms with Gasteiger partial charge in [-0.3, -0.25) is 4.79 Å². The second-order valence-corrected chi connectivity index (χ2v) is 10.0. The number of nitrogens with zero attached hydrogens (tertiary/aromatic N) is 4. The fraction of sp³-hybridized carbons (Fsp3) is 0.231. The molecule has 12 heteroatoms. The molecule has 2 aromatic carbocycles. The van der Waals surface area contributed by atoms with Crippen LogP contribution >= 0.6 is 35.5 Å². The van der Waals surface area contributed by atoms with Crippen molar-refractivity contribution >= 4 is 74.1 Å². The van der Waals surface area contributed by atoms with Gasteiger partial charge in [0.05, 0.1) is 32.9 Å². The molecule has 0 bridgehead atoms. The first-order valence-electron chi connectivity index (χ1n) is 12.0. The van der Waals surface area contributed by atoms with Gasteiger partial charge < -0.3 is 25.3 Å². The van der Waals surface area contributed by atoms with Gasteiger partial charge in [-0.25, -0.2) is 9.97 Å². The van der Waals surface area contributed by atoms with Crippen molar-refractivity contribution in [2.45, 2.75) is 25.4 Å². The van der Waals surface area contributed by atoms with Crippen LogP contribution in [0.4, 0.5) is 11.5 Å². The smallest absolute Gasteiger partial charge is 0.237 e. The molecule has 6 rings (SSSR count). The Kier molecular flexibility index (Phi) is 7.94. The highest BCUT2D eigenvalue weighted by atomic mass is 35.5. The zero-order valence-corrected chi connectivity index (χ0v) is 22.6. The number of carbonyl (C=O) groups is 1. The van der Waals surface area contributed by atoms with Gasteiger partial charge in [-0.2, -0.15) is 4.37 Å². The molecule has 5 aromatic rings. The Morgan fingerprint density at radius 2 is 2.13 bits per heavy atom. The summed E-state index contributed by atoms with van der Waals surface area (Å²) in [5.74, 6) is 1.96. The van der Waals surface area contributed by atoms with Gasteiger partial charge in [-0.1, -0.05) is 17.7 Å². The van der Waals surface area contributed by atoms with E-state index >= 15 is 0 Å². The number of nitrogens with one attached hydrogen (secondary N) is 3. The number of anilines is 2. The van der Waals surface area contributed by atoms with Crippen LogP contribution in [0.1, 0.15) is 12.8 Å². The lowest BCUT2D eigenvalue weighted by Gasteiger charge is -2.14. The number of amides is 1. The van der Waals surface area contributed by atoms with E-state index in [1.54, 1.807) is 12.3 Å². The van der Waals surface area contributed by atoms with Crippen molar-refractivity contribution in [1.82, 2.24) is 29.5 Å². The number of fused-ring (bicyclic) bond motifs is 2. The maximum atomic E-state index is 12.3. The molecule has 1 atom stereocenters. The highest BCUT2D eigenvalue weighted by Gasteiger charge is 2.21. The Hall–Kier alpha value is -3.44. The molecular weight excluding hydrogens is 545 g/mol. The quantitative estimate of drug-likeness (QED) is 0.226. The van der Waals surface area contributed by atoms with Gasteiger partial charge in [0.2, 0.25) is 5.91 Å². The monoisotopic (exact) mass is 569 g/mol. The minimum Gasteiger partial charge on any atom is -0.455 e. The van der Waals surface area contributed by atoms with E-state index in [2.05, 4.69) is 30.3 Å². The Bertz CT molecular complexity index is 1580. The van der Waals surface area contributed by atoms with E-state index in [4.69, 9.17) is 16.3 Å². The zero-order chi connectivity index (χ0) is 25.2. The van der Waals surface area contributed by atoms with Gasteiger partial charge in [0.15, 0.2) is 5.82 Å². The largest absolute Gasteiger partial charge is 0.455 e. The minimum absolute atomic E-state index is 0. The number of benzene rings is 2. The average molecular weight is 571 g/mol. The topological polar surface area (TPSA) is 106 Å². The highest BCUT2D eigenvalue weighted by molar-refractivity contribution is 7.13. The van der Waals surface area contributed by atoms with Crippen molar-refractivity contribution in [1.29, 1.82) is 0 Å². The molecule has 1 amide bonds. The van der Waals surface area contributed by atoms with Crippen molar-refractivity contribution in [2.24, 2.45) is 0 Å². The van der Waals surface area contributed by atoms with E-state index in [-0.39, 0.29) is 24.4 Å². The van der Waals surface area contributed by atoms with Crippen LogP contribution in [-0.2, 0) is 11.3 Å². The van der Waals surface area contributed by atoms with Crippen LogP contribution in [0.15, 0.2) is 61.2 Å². The maximum Gasteiger partial charge on any atom is 0.237 e. The third kappa shape index (κ3) is 5.39. The second kappa shape index (κ2) is 11.5. The highest BCUT2D eigenvalue weighted by Crippen LogP contribution is 2.36. The van der Waals surface area contributed by atoms with Crippen LogP contribution < -0.4 is 20.7 Å². The van der Waals surface area contributed by atoms with Crippen LogP contribution in [0.25, 0.3) is 21.1 Å². The summed E-state index contributed by atoms with van der Waals surface area (Å²) in [6.07, 6.45) is 7.19. The van der Waals surface area contributed by atoms with Gasteiger partial charge in [0, 0.05) is 25.0 Å². The summed E-state index contributed by atoms with van der Waals surface area (Å²) in [7, 11) is 0. The van der Waals surface area contributed by atoms with Crippen LogP contribution in [0.3, 0.4) is 0 Å². The first kappa shape index (κ1) is 26.2. The summed E-state index contributed by atoms with van der Waals surface area (Å²) in [6.45, 7) is 2.01. The molecule has 1 fully saturated rings. The summed E-state index contributed by atoms with van der Waals surface area (Å²) in [6, 6.07) is 13.2. The number of halogens is 2. The minimum atomic E-state index is -0.0894. The van der Waals surface area contributed by atoms with Crippen molar-refractivity contribution in [3.05, 3.63) is 66.2 Å². The number of rotatable bonds is 8. The molecular formula is C26H25Cl2N7O2S. The summed E-state index contributed by atoms with van der Waals surface area (Å²) >= 11 is 8.01. The molecule has 9 nitrogen and oxygen atoms in total. The van der Waals surface area contributed by atoms with Crippen LogP contribution in [0, 0.1) is 0 Å². The van der Waals surface area contributed by atoms with Crippen molar-refractivity contribution in [3.8, 4) is 11.5 Å². The van der Waals surface area contributed by atoms with E-state index in [1.807, 2.05) is 47.2 Å². The Balaban J connectivity index is 0.00000294. The number of ether oxygens (including phenoxy) is 1. The van der Waals surface area contributed by atoms with Gasteiger partial charge in [0.25, 0.3) is 0 Å². The Morgan fingerprint density at radius 1 is 1.21 bits per heavy atom. The van der Waals surface area contributed by atoms with E-state index in [1.165, 1.54) is 17.9 Å². The fourth-order valence-electron chi connectivity index (χ4n) is 4.51. The summed E-state index contributed by atoms with van der Waals surface area (Å²) in [5.41, 5.74) is 2.43. The molecule has 0 radical (unpaired) electrons. The van der Waals surface area contributed by atoms with Crippen molar-refractivity contribution in [2.75, 3.05) is 18.4 Å². The maximum absolute atomic E-state index is 12.3. The van der Waals surface area contributed by atoms with Gasteiger partial charge >= 0.3 is 0 Å². The number of hydrogen-bond donors (Lipinski definition) is 3. The average Bonchev–Trinajstić information content (AvgIpc) is 3.67. The van der Waals surface area contributed by atoms with E-state index in [0.29, 0.717) is 35.4 Å². The molecule has 0 unspecified atom stereocenters. The molecule has 0 aliphatic carbocycles. The number of aromatic nitrogens is 4. The number of hydrogen-bond acceptors (Lipinski definition) is 8. The zero-order valence-electron chi connectivity index (χ0n) is 20.2. The predicted octanol–water partition coefficient (Wildman–Crippen LogP) is 5.52. The number of carbonyl (C=O) groups excluding carboxylic acids is 1. The summed E-state index contributed by atoms with van der Waals surface area (Å²) < 4.78 is 13.4. The predicted molar refractivity (Wildman–Crippen MR) is 153 cm³/mol. The van der Waals surface area contributed by atoms with Gasteiger partial charge in [-0.15, -0.1) is 12.4 Å². The first-order valence-corrected chi connectivity index (χ1v) is 13.2. The van der Waals surface area contributed by atoms with E-state index in [0.717, 1.165) is 46.2 Å². The van der Waals surface area contributed by atoms with Crippen LogP contribution in [0.2, 0.25) is 5.02 Å². The van der Waals surface area contributed by atoms with Gasteiger partial charge in [-0.05, 0) is 67.3 Å². The van der Waals surface area contributed by atoms with Crippen molar-refractivity contribution < 1.29 is 9.53 Å². The summed E-state index contributed by atoms with van der Waals surface area (Å²) in [4.78, 5) is 21.2. The molecule has 38 heavy (non-hydrogen) atoms. The van der Waals surface area contributed by atoms with E-state index in [9.17, 15) is 4.79 Å². The normalized spacial score (nSPS) is 14.9. The molecule has 4 heterocycles. The fourth-order valence-corrected chi connectivity index (χ4v) is 5.40. The molecule has 3 aromatic heterocycles. The van der Waals surface area contributed by atoms with Gasteiger partial charge in [0.1, 0.15) is 23.3 Å². The lowest BCUT2D eigenvalue weighted by atomic mass is 10.2. The summed E-state index contributed by atoms with van der Waals surface area (Å²) in [5, 5.41) is 11.0. The molecule has 1 aliphatic rings. The van der Waals surface area contributed by atoms with Crippen molar-refractivity contribution in [3.63, 3.8) is 0 Å². The molecule has 1 saturated heterocycles. The second-order valence-electron chi connectivity index (χ2n) is 8.77. The third-order valence-corrected chi connectivity index (χ3v) is 7.41.